The molecular weight excluding hydrogens is 326 g/mol. The summed E-state index contributed by atoms with van der Waals surface area (Å²) in [6, 6.07) is 4.31. The molecule has 0 saturated heterocycles. The van der Waals surface area contributed by atoms with E-state index in [4.69, 9.17) is 4.43 Å². The van der Waals surface area contributed by atoms with Crippen molar-refractivity contribution >= 4 is 14.0 Å². The number of rotatable bonds is 7. The average molecular weight is 366 g/mol. The number of aliphatic hydroxyl groups excluding tert-OH is 1. The number of benzene rings is 1. The van der Waals surface area contributed by atoms with E-state index in [1.54, 1.807) is 0 Å². The quantitative estimate of drug-likeness (QED) is 0.591. The largest absolute Gasteiger partial charge is 0.543 e. The normalized spacial score (nSPS) is 15.2. The maximum Gasteiger partial charge on any atom is 0.250 e. The third-order valence-electron chi connectivity index (χ3n) is 5.55. The van der Waals surface area contributed by atoms with Crippen molar-refractivity contribution < 1.29 is 9.53 Å². The first kappa shape index (κ1) is 22.0. The molecule has 0 heterocycles. The summed E-state index contributed by atoms with van der Waals surface area (Å²) in [5.41, 5.74) is 3.46. The van der Waals surface area contributed by atoms with E-state index in [0.717, 1.165) is 17.9 Å². The van der Waals surface area contributed by atoms with Gasteiger partial charge in [-0.2, -0.15) is 0 Å². The smallest absolute Gasteiger partial charge is 0.250 e. The van der Waals surface area contributed by atoms with Crippen LogP contribution < -0.4 is 9.74 Å². The number of anilines is 1. The van der Waals surface area contributed by atoms with Gasteiger partial charge in [0.2, 0.25) is 8.32 Å². The van der Waals surface area contributed by atoms with Crippen molar-refractivity contribution in [3.63, 3.8) is 0 Å². The molecule has 0 aromatic heterocycles. The molecule has 0 amide bonds. The Labute approximate surface area is 156 Å². The van der Waals surface area contributed by atoms with Crippen LogP contribution in [-0.4, -0.2) is 25.6 Å². The highest BCUT2D eigenvalue weighted by atomic mass is 28.4. The second-order valence-electron chi connectivity index (χ2n) is 9.18. The molecule has 0 saturated carbocycles. The second kappa shape index (κ2) is 8.13. The van der Waals surface area contributed by atoms with E-state index >= 15 is 0 Å². The number of hydrogen-bond donors (Lipinski definition) is 2. The lowest BCUT2D eigenvalue weighted by atomic mass is 9.95. The van der Waals surface area contributed by atoms with Crippen molar-refractivity contribution in [3.8, 4) is 5.75 Å². The van der Waals surface area contributed by atoms with Crippen LogP contribution in [0.1, 0.15) is 59.1 Å². The number of aliphatic hydroxyl groups is 1. The fraction of sp³-hybridized carbons (Fsp3) is 0.714. The van der Waals surface area contributed by atoms with Crippen LogP contribution >= 0.6 is 0 Å². The van der Waals surface area contributed by atoms with Crippen LogP contribution in [0.5, 0.6) is 5.75 Å². The molecule has 0 radical (unpaired) electrons. The lowest BCUT2D eigenvalue weighted by Crippen LogP contribution is -2.43. The van der Waals surface area contributed by atoms with Crippen LogP contribution in [0.25, 0.3) is 0 Å². The molecule has 0 bridgehead atoms. The fourth-order valence-electron chi connectivity index (χ4n) is 2.79. The Morgan fingerprint density at radius 3 is 1.96 bits per heavy atom. The molecule has 1 aromatic rings. The molecule has 1 aromatic carbocycles. The maximum atomic E-state index is 10.3. The monoisotopic (exact) mass is 365 g/mol. The lowest BCUT2D eigenvalue weighted by Gasteiger charge is -2.37. The summed E-state index contributed by atoms with van der Waals surface area (Å²) in [6.07, 6.45) is 0.405. The molecular formula is C21H39NO2Si. The molecule has 1 rings (SSSR count). The Hall–Kier alpha value is -1.00. The van der Waals surface area contributed by atoms with Gasteiger partial charge in [-0.1, -0.05) is 41.5 Å². The molecule has 25 heavy (non-hydrogen) atoms. The zero-order valence-corrected chi connectivity index (χ0v) is 18.9. The summed E-state index contributed by atoms with van der Waals surface area (Å²) in [6.45, 7) is 21.9. The molecule has 3 nitrogen and oxygen atoms in total. The molecule has 2 atom stereocenters. The third kappa shape index (κ3) is 5.48. The van der Waals surface area contributed by atoms with Crippen LogP contribution in [-0.2, 0) is 0 Å². The van der Waals surface area contributed by atoms with Gasteiger partial charge >= 0.3 is 0 Å². The van der Waals surface area contributed by atoms with Gasteiger partial charge < -0.3 is 14.8 Å². The Morgan fingerprint density at radius 2 is 1.60 bits per heavy atom. The van der Waals surface area contributed by atoms with Gasteiger partial charge in [0.15, 0.2) is 0 Å². The van der Waals surface area contributed by atoms with Crippen molar-refractivity contribution in [1.82, 2.24) is 0 Å². The summed E-state index contributed by atoms with van der Waals surface area (Å²) in [4.78, 5) is 0. The van der Waals surface area contributed by atoms with E-state index in [9.17, 15) is 5.11 Å². The first-order chi connectivity index (χ1) is 11.3. The molecule has 0 unspecified atom stereocenters. The minimum absolute atomic E-state index is 0.0505. The highest BCUT2D eigenvalue weighted by molar-refractivity contribution is 6.74. The molecule has 0 fully saturated rings. The molecule has 4 heteroatoms. The minimum atomic E-state index is -1.84. The standard InChI is InChI=1S/C21H39NO2Si/c1-11-18(23)19(14(2)3)22-20-15(4)12-17(13-16(20)5)24-25(9,10)21(6,7)8/h12-14,18-19,22-23H,11H2,1-10H3/t18-,19+/m1/s1. The van der Waals surface area contributed by atoms with Crippen LogP contribution in [0, 0.1) is 19.8 Å². The van der Waals surface area contributed by atoms with E-state index in [1.807, 2.05) is 6.92 Å². The van der Waals surface area contributed by atoms with Crippen LogP contribution in [0.15, 0.2) is 12.1 Å². The number of nitrogens with one attached hydrogen (secondary N) is 1. The fourth-order valence-corrected chi connectivity index (χ4v) is 3.80. The zero-order valence-electron chi connectivity index (χ0n) is 17.9. The average Bonchev–Trinajstić information content (AvgIpc) is 2.43. The highest BCUT2D eigenvalue weighted by Crippen LogP contribution is 2.38. The Morgan fingerprint density at radius 1 is 1.12 bits per heavy atom. The third-order valence-corrected chi connectivity index (χ3v) is 9.91. The molecule has 0 aliphatic heterocycles. The molecule has 0 aliphatic carbocycles. The van der Waals surface area contributed by atoms with Gasteiger partial charge in [0.1, 0.15) is 5.75 Å². The van der Waals surface area contributed by atoms with Crippen molar-refractivity contribution in [1.29, 1.82) is 0 Å². The summed E-state index contributed by atoms with van der Waals surface area (Å²) < 4.78 is 6.47. The van der Waals surface area contributed by atoms with E-state index in [-0.39, 0.29) is 17.2 Å². The predicted molar refractivity (Wildman–Crippen MR) is 112 cm³/mol. The summed E-state index contributed by atoms with van der Waals surface area (Å²) in [5, 5.41) is 14.1. The van der Waals surface area contributed by atoms with Gasteiger partial charge in [0.25, 0.3) is 0 Å². The van der Waals surface area contributed by atoms with E-state index in [0.29, 0.717) is 5.92 Å². The summed E-state index contributed by atoms with van der Waals surface area (Å²) in [5.74, 6) is 1.32. The van der Waals surface area contributed by atoms with Gasteiger partial charge in [-0.15, -0.1) is 0 Å². The maximum absolute atomic E-state index is 10.3. The van der Waals surface area contributed by atoms with Gasteiger partial charge in [0.05, 0.1) is 12.1 Å². The number of aryl methyl sites for hydroxylation is 2. The lowest BCUT2D eigenvalue weighted by molar-refractivity contribution is 0.129. The number of hydrogen-bond acceptors (Lipinski definition) is 3. The second-order valence-corrected chi connectivity index (χ2v) is 13.9. The molecule has 0 spiro atoms. The van der Waals surface area contributed by atoms with E-state index in [2.05, 4.69) is 79.0 Å². The van der Waals surface area contributed by atoms with Gasteiger partial charge in [-0.3, -0.25) is 0 Å². The predicted octanol–water partition coefficient (Wildman–Crippen LogP) is 5.89. The first-order valence-corrected chi connectivity index (χ1v) is 12.5. The van der Waals surface area contributed by atoms with Gasteiger partial charge in [-0.05, 0) is 67.6 Å². The molecule has 2 N–H and O–H groups in total. The molecule has 0 aliphatic rings. The van der Waals surface area contributed by atoms with Crippen molar-refractivity contribution in [3.05, 3.63) is 23.3 Å². The Bertz CT molecular complexity index is 553. The molecule has 144 valence electrons. The Balaban J connectivity index is 3.11. The SMILES string of the molecule is CC[C@@H](O)[C@@H](Nc1c(C)cc(O[Si](C)(C)C(C)(C)C)cc1C)C(C)C. The Kier molecular flexibility index (Phi) is 7.17. The van der Waals surface area contributed by atoms with E-state index in [1.165, 1.54) is 11.1 Å². The summed E-state index contributed by atoms with van der Waals surface area (Å²) in [7, 11) is -1.84. The van der Waals surface area contributed by atoms with Crippen molar-refractivity contribution in [2.24, 2.45) is 5.92 Å². The van der Waals surface area contributed by atoms with E-state index < -0.39 is 8.32 Å². The first-order valence-electron chi connectivity index (χ1n) is 9.55. The topological polar surface area (TPSA) is 41.5 Å². The zero-order chi connectivity index (χ0) is 19.6. The van der Waals surface area contributed by atoms with Crippen LogP contribution in [0.2, 0.25) is 18.1 Å². The minimum Gasteiger partial charge on any atom is -0.543 e. The summed E-state index contributed by atoms with van der Waals surface area (Å²) >= 11 is 0. The van der Waals surface area contributed by atoms with Crippen molar-refractivity contribution in [2.45, 2.75) is 92.1 Å². The van der Waals surface area contributed by atoms with Crippen molar-refractivity contribution in [2.75, 3.05) is 5.32 Å². The van der Waals surface area contributed by atoms with Crippen LogP contribution in [0.4, 0.5) is 5.69 Å². The van der Waals surface area contributed by atoms with Gasteiger partial charge in [-0.25, -0.2) is 0 Å². The highest BCUT2D eigenvalue weighted by Gasteiger charge is 2.39. The van der Waals surface area contributed by atoms with Gasteiger partial charge in [0, 0.05) is 5.69 Å². The van der Waals surface area contributed by atoms with Crippen LogP contribution in [0.3, 0.4) is 0 Å².